The summed E-state index contributed by atoms with van der Waals surface area (Å²) in [6.07, 6.45) is 6.90. The number of rotatable bonds is 7. The third kappa shape index (κ3) is 5.53. The Balaban J connectivity index is 1.26. The maximum Gasteiger partial charge on any atom is 0.256 e. The van der Waals surface area contributed by atoms with Crippen molar-refractivity contribution in [2.24, 2.45) is 5.92 Å². The van der Waals surface area contributed by atoms with Crippen LogP contribution in [0.1, 0.15) is 48.7 Å². The molecule has 2 amide bonds. The largest absolute Gasteiger partial charge is 0.387 e. The minimum absolute atomic E-state index is 0.205. The van der Waals surface area contributed by atoms with E-state index >= 15 is 0 Å². The molecule has 1 saturated heterocycles. The molecule has 1 aliphatic heterocycles. The van der Waals surface area contributed by atoms with Gasteiger partial charge >= 0.3 is 0 Å². The van der Waals surface area contributed by atoms with Gasteiger partial charge in [-0.1, -0.05) is 37.5 Å². The van der Waals surface area contributed by atoms with Crippen LogP contribution in [0.5, 0.6) is 0 Å². The van der Waals surface area contributed by atoms with Crippen molar-refractivity contribution in [2.75, 3.05) is 11.9 Å². The lowest BCUT2D eigenvalue weighted by molar-refractivity contribution is -0.116. The fourth-order valence-electron chi connectivity index (χ4n) is 4.85. The third-order valence-corrected chi connectivity index (χ3v) is 6.90. The average Bonchev–Trinajstić information content (AvgIpc) is 3.48. The van der Waals surface area contributed by atoms with E-state index in [2.05, 4.69) is 25.6 Å². The number of benzene rings is 1. The lowest BCUT2D eigenvalue weighted by Crippen LogP contribution is -2.31. The van der Waals surface area contributed by atoms with Crippen molar-refractivity contribution in [2.45, 2.75) is 56.6 Å². The highest BCUT2D eigenvalue weighted by atomic mass is 16.6. The second-order valence-corrected chi connectivity index (χ2v) is 9.45. The summed E-state index contributed by atoms with van der Waals surface area (Å²) in [5, 5.41) is 26.9. The van der Waals surface area contributed by atoms with Crippen molar-refractivity contribution >= 4 is 28.8 Å². The molecule has 1 aromatic carbocycles. The number of imidazole rings is 1. The molecule has 4 atom stereocenters. The molecule has 11 nitrogen and oxygen atoms in total. The maximum atomic E-state index is 12.6. The first-order valence-corrected chi connectivity index (χ1v) is 12.5. The first kappa shape index (κ1) is 25.0. The van der Waals surface area contributed by atoms with Crippen molar-refractivity contribution in [3.05, 3.63) is 60.7 Å². The first-order valence-electron chi connectivity index (χ1n) is 12.5. The summed E-state index contributed by atoms with van der Waals surface area (Å²) in [7, 11) is 0. The first-order chi connectivity index (χ1) is 18.0. The van der Waals surface area contributed by atoms with Gasteiger partial charge in [0, 0.05) is 18.2 Å². The van der Waals surface area contributed by atoms with Gasteiger partial charge in [-0.25, -0.2) is 15.0 Å². The van der Waals surface area contributed by atoms with Gasteiger partial charge in [-0.15, -0.1) is 0 Å². The van der Waals surface area contributed by atoms with E-state index in [4.69, 9.17) is 4.74 Å². The van der Waals surface area contributed by atoms with E-state index in [-0.39, 0.29) is 17.6 Å². The van der Waals surface area contributed by atoms with Crippen LogP contribution < -0.4 is 10.6 Å². The SMILES string of the molecule is O=C(/C=C/[C@H]1O[C@@H](n2cnc3c(NC(=O)c4ccccc4)ncnc32)[C@H](O)[C@@H]1O)NCC1CCCCC1. The molecular weight excluding hydrogens is 476 g/mol. The number of ether oxygens (including phenoxy) is 1. The average molecular weight is 507 g/mol. The van der Waals surface area contributed by atoms with Crippen molar-refractivity contribution in [3.8, 4) is 0 Å². The van der Waals surface area contributed by atoms with Crippen molar-refractivity contribution in [1.29, 1.82) is 0 Å². The Morgan fingerprint density at radius 1 is 1.05 bits per heavy atom. The highest BCUT2D eigenvalue weighted by Gasteiger charge is 2.43. The number of fused-ring (bicyclic) bond motifs is 1. The number of anilines is 1. The Hall–Kier alpha value is -3.67. The zero-order chi connectivity index (χ0) is 25.8. The Morgan fingerprint density at radius 3 is 2.62 bits per heavy atom. The van der Waals surface area contributed by atoms with Crippen molar-refractivity contribution in [1.82, 2.24) is 24.8 Å². The summed E-state index contributed by atoms with van der Waals surface area (Å²) >= 11 is 0. The summed E-state index contributed by atoms with van der Waals surface area (Å²) in [5.74, 6) is 0.0925. The number of nitrogens with zero attached hydrogens (tertiary/aromatic N) is 4. The fourth-order valence-corrected chi connectivity index (χ4v) is 4.85. The minimum atomic E-state index is -1.30. The van der Waals surface area contributed by atoms with Crippen molar-refractivity contribution in [3.63, 3.8) is 0 Å². The molecule has 194 valence electrons. The quantitative estimate of drug-likeness (QED) is 0.355. The molecule has 4 N–H and O–H groups in total. The Kier molecular flexibility index (Phi) is 7.54. The van der Waals surface area contributed by atoms with Crippen LogP contribution in [0.3, 0.4) is 0 Å². The second-order valence-electron chi connectivity index (χ2n) is 9.45. The van der Waals surface area contributed by atoms with Gasteiger partial charge in [-0.05, 0) is 37.0 Å². The van der Waals surface area contributed by atoms with Crippen LogP contribution in [0.2, 0.25) is 0 Å². The third-order valence-electron chi connectivity index (χ3n) is 6.90. The molecule has 2 fully saturated rings. The highest BCUT2D eigenvalue weighted by molar-refractivity contribution is 6.06. The number of aromatic nitrogens is 4. The smallest absolute Gasteiger partial charge is 0.256 e. The van der Waals surface area contributed by atoms with Crippen LogP contribution in [-0.2, 0) is 9.53 Å². The van der Waals surface area contributed by atoms with E-state index in [0.29, 0.717) is 29.2 Å². The van der Waals surface area contributed by atoms with Crippen LogP contribution in [0, 0.1) is 5.92 Å². The van der Waals surface area contributed by atoms with Crippen molar-refractivity contribution < 1.29 is 24.5 Å². The lowest BCUT2D eigenvalue weighted by atomic mass is 9.89. The van der Waals surface area contributed by atoms with Crippen LogP contribution in [0.15, 0.2) is 55.1 Å². The number of carbonyl (C=O) groups is 2. The molecule has 0 radical (unpaired) electrons. The van der Waals surface area contributed by atoms with Gasteiger partial charge < -0.3 is 25.6 Å². The number of aliphatic hydroxyl groups excluding tert-OH is 2. The highest BCUT2D eigenvalue weighted by Crippen LogP contribution is 2.33. The Morgan fingerprint density at radius 2 is 1.84 bits per heavy atom. The molecule has 3 aromatic rings. The summed E-state index contributed by atoms with van der Waals surface area (Å²) in [5.41, 5.74) is 1.08. The number of carbonyl (C=O) groups excluding carboxylic acids is 2. The van der Waals surface area contributed by atoms with Gasteiger partial charge in [0.25, 0.3) is 5.91 Å². The number of aliphatic hydroxyl groups is 2. The molecule has 0 bridgehead atoms. The summed E-state index contributed by atoms with van der Waals surface area (Å²) in [6, 6.07) is 8.69. The van der Waals surface area contributed by atoms with E-state index < -0.39 is 24.5 Å². The number of amides is 2. The number of hydrogen-bond acceptors (Lipinski definition) is 8. The molecular formula is C26H30N6O5. The predicted molar refractivity (Wildman–Crippen MR) is 134 cm³/mol. The van der Waals surface area contributed by atoms with E-state index in [0.717, 1.165) is 12.8 Å². The summed E-state index contributed by atoms with van der Waals surface area (Å²) in [4.78, 5) is 37.5. The van der Waals surface area contributed by atoms with E-state index in [1.165, 1.54) is 48.6 Å². The summed E-state index contributed by atoms with van der Waals surface area (Å²) in [6.45, 7) is 0.631. The molecule has 5 rings (SSSR count). The molecule has 3 heterocycles. The molecule has 2 aliphatic rings. The molecule has 1 saturated carbocycles. The van der Waals surface area contributed by atoms with Gasteiger partial charge in [0.1, 0.15) is 24.6 Å². The predicted octanol–water partition coefficient (Wildman–Crippen LogP) is 1.95. The monoisotopic (exact) mass is 506 g/mol. The Labute approximate surface area is 213 Å². The minimum Gasteiger partial charge on any atom is -0.387 e. The van der Waals surface area contributed by atoms with Crippen LogP contribution >= 0.6 is 0 Å². The van der Waals surface area contributed by atoms with Gasteiger partial charge in [0.2, 0.25) is 5.91 Å². The fraction of sp³-hybridized carbons (Fsp3) is 0.423. The normalized spacial score (nSPS) is 24.5. The maximum absolute atomic E-state index is 12.6. The second kappa shape index (κ2) is 11.2. The lowest BCUT2D eigenvalue weighted by Gasteiger charge is -2.21. The van der Waals surface area contributed by atoms with Gasteiger partial charge in [-0.3, -0.25) is 14.2 Å². The molecule has 0 spiro atoms. The standard InChI is InChI=1S/C26H30N6O5/c33-19(27-13-16-7-3-1-4-8-16)12-11-18-21(34)22(35)26(37-18)32-15-30-20-23(28-14-29-24(20)32)31-25(36)17-9-5-2-6-10-17/h2,5-6,9-12,14-16,18,21-22,26,34-35H,1,3-4,7-8,13H2,(H,27,33)(H,28,29,31,36)/b12-11+/t18-,21-,22-,26-/m1/s1. The molecule has 1 aliphatic carbocycles. The van der Waals surface area contributed by atoms with Crippen LogP contribution in [0.25, 0.3) is 11.2 Å². The molecule has 2 aromatic heterocycles. The van der Waals surface area contributed by atoms with E-state index in [1.807, 2.05) is 6.07 Å². The van der Waals surface area contributed by atoms with Gasteiger partial charge in [-0.2, -0.15) is 0 Å². The number of hydrogen-bond donors (Lipinski definition) is 4. The topological polar surface area (TPSA) is 151 Å². The van der Waals surface area contributed by atoms with Gasteiger partial charge in [0.15, 0.2) is 23.2 Å². The van der Waals surface area contributed by atoms with Gasteiger partial charge in [0.05, 0.1) is 6.33 Å². The van der Waals surface area contributed by atoms with Crippen LogP contribution in [-0.4, -0.2) is 66.4 Å². The van der Waals surface area contributed by atoms with Crippen LogP contribution in [0.4, 0.5) is 5.82 Å². The van der Waals surface area contributed by atoms with E-state index in [9.17, 15) is 19.8 Å². The molecule has 37 heavy (non-hydrogen) atoms. The molecule has 11 heteroatoms. The zero-order valence-electron chi connectivity index (χ0n) is 20.2. The number of nitrogens with one attached hydrogen (secondary N) is 2. The molecule has 0 unspecified atom stereocenters. The summed E-state index contributed by atoms with van der Waals surface area (Å²) < 4.78 is 7.35. The van der Waals surface area contributed by atoms with E-state index in [1.54, 1.807) is 24.3 Å². The Bertz CT molecular complexity index is 1270. The zero-order valence-corrected chi connectivity index (χ0v) is 20.2.